The smallest absolute Gasteiger partial charge is 0.318 e. The number of fused-ring (bicyclic) bond motifs is 1. The average Bonchev–Trinajstić information content (AvgIpc) is 2.84. The van der Waals surface area contributed by atoms with Gasteiger partial charge in [0.2, 0.25) is 10.0 Å². The Morgan fingerprint density at radius 2 is 1.77 bits per heavy atom. The van der Waals surface area contributed by atoms with Crippen molar-refractivity contribution in [2.45, 2.75) is 17.0 Å². The number of hydrogen-bond acceptors (Lipinski definition) is 6. The molecule has 8 nitrogen and oxygen atoms in total. The topological polar surface area (TPSA) is 129 Å². The number of hydrogen-bond donors (Lipinski definition) is 2. The molecule has 0 aliphatic carbocycles. The molecule has 3 rings (SSSR count). The van der Waals surface area contributed by atoms with Crippen molar-refractivity contribution in [3.05, 3.63) is 42.5 Å². The average molecular weight is 399 g/mol. The van der Waals surface area contributed by atoms with E-state index in [1.165, 1.54) is 12.1 Å². The fraction of sp³-hybridized carbons (Fsp3) is 0.312. The second-order valence-electron chi connectivity index (χ2n) is 6.16. The number of nitrogens with zero attached hydrogens (tertiary/aromatic N) is 1. The summed E-state index contributed by atoms with van der Waals surface area (Å²) in [6.07, 6.45) is -1.48. The van der Waals surface area contributed by atoms with E-state index in [9.17, 15) is 26.7 Å². The largest absolute Gasteiger partial charge is 0.480 e. The van der Waals surface area contributed by atoms with Crippen LogP contribution in [0.3, 0.4) is 0 Å². The van der Waals surface area contributed by atoms with Gasteiger partial charge in [-0.15, -0.1) is 0 Å². The minimum Gasteiger partial charge on any atom is -0.480 e. The highest BCUT2D eigenvalue weighted by Gasteiger charge is 2.45. The summed E-state index contributed by atoms with van der Waals surface area (Å²) in [6.45, 7) is -0.938. The van der Waals surface area contributed by atoms with Gasteiger partial charge in [0.25, 0.3) is 0 Å². The van der Waals surface area contributed by atoms with Gasteiger partial charge in [0.05, 0.1) is 28.5 Å². The van der Waals surface area contributed by atoms with Crippen molar-refractivity contribution in [2.24, 2.45) is 0 Å². The van der Waals surface area contributed by atoms with Gasteiger partial charge >= 0.3 is 5.97 Å². The molecule has 10 heteroatoms. The maximum Gasteiger partial charge on any atom is 0.318 e. The molecule has 1 saturated heterocycles. The Bertz CT molecular complexity index is 1060. The third-order valence-electron chi connectivity index (χ3n) is 4.28. The first-order valence-electron chi connectivity index (χ1n) is 7.71. The predicted octanol–water partition coefficient (Wildman–Crippen LogP) is 0.0730. The minimum absolute atomic E-state index is 0.158. The van der Waals surface area contributed by atoms with E-state index in [1.807, 2.05) is 0 Å². The molecule has 2 atom stereocenters. The molecule has 1 aliphatic heterocycles. The Balaban J connectivity index is 2.07. The van der Waals surface area contributed by atoms with Crippen molar-refractivity contribution < 1.29 is 31.8 Å². The van der Waals surface area contributed by atoms with Crippen LogP contribution in [0.4, 0.5) is 0 Å². The molecular formula is C16H17NO7S2. The molecule has 0 bridgehead atoms. The maximum atomic E-state index is 13.0. The fourth-order valence-corrected chi connectivity index (χ4v) is 6.60. The van der Waals surface area contributed by atoms with Crippen LogP contribution in [0.25, 0.3) is 10.8 Å². The number of carbonyl (C=O) groups is 1. The molecule has 0 radical (unpaired) electrons. The Kier molecular flexibility index (Phi) is 4.78. The molecule has 0 amide bonds. The molecule has 0 saturated carbocycles. The second-order valence-corrected chi connectivity index (χ2v) is 10.2. The molecule has 1 fully saturated rings. The number of aliphatic carboxylic acids is 1. The quantitative estimate of drug-likeness (QED) is 0.728. The lowest BCUT2D eigenvalue weighted by Crippen LogP contribution is -2.48. The van der Waals surface area contributed by atoms with Crippen molar-refractivity contribution in [1.29, 1.82) is 0 Å². The summed E-state index contributed by atoms with van der Waals surface area (Å²) in [4.78, 5) is 11.0. The number of carboxylic acid groups (broad SMARTS) is 1. The molecule has 26 heavy (non-hydrogen) atoms. The van der Waals surface area contributed by atoms with E-state index in [0.29, 0.717) is 9.69 Å². The standard InChI is InChI=1S/C16H17NO7S2/c18-15-10-25(21,22)9-14(15)17(8-16(19)20)26(23,24)13-6-5-11-3-1-2-4-12(11)7-13/h1-7,14-15,18H,8-10H2,(H,19,20)/t14-,15+/m0/s1. The van der Waals surface area contributed by atoms with Gasteiger partial charge in [-0.05, 0) is 22.9 Å². The summed E-state index contributed by atoms with van der Waals surface area (Å²) in [5, 5.41) is 20.6. The van der Waals surface area contributed by atoms with E-state index in [4.69, 9.17) is 5.11 Å². The number of sulfone groups is 1. The predicted molar refractivity (Wildman–Crippen MR) is 93.9 cm³/mol. The van der Waals surface area contributed by atoms with Gasteiger partial charge in [-0.2, -0.15) is 4.31 Å². The second kappa shape index (κ2) is 6.62. The molecule has 0 aromatic heterocycles. The summed E-state index contributed by atoms with van der Waals surface area (Å²) in [5.41, 5.74) is 0. The molecule has 0 spiro atoms. The lowest BCUT2D eigenvalue weighted by molar-refractivity contribution is -0.137. The first-order valence-corrected chi connectivity index (χ1v) is 11.0. The van der Waals surface area contributed by atoms with E-state index in [2.05, 4.69) is 0 Å². The fourth-order valence-electron chi connectivity index (χ4n) is 3.06. The van der Waals surface area contributed by atoms with Crippen LogP contribution in [0.1, 0.15) is 0 Å². The van der Waals surface area contributed by atoms with Gasteiger partial charge in [0.15, 0.2) is 9.84 Å². The van der Waals surface area contributed by atoms with E-state index in [-0.39, 0.29) is 4.90 Å². The number of sulfonamides is 1. The van der Waals surface area contributed by atoms with Crippen LogP contribution in [0.2, 0.25) is 0 Å². The van der Waals surface area contributed by atoms with E-state index >= 15 is 0 Å². The van der Waals surface area contributed by atoms with Gasteiger partial charge in [-0.1, -0.05) is 30.3 Å². The summed E-state index contributed by atoms with van der Waals surface area (Å²) in [6, 6.07) is 10.0. The molecule has 140 valence electrons. The zero-order chi connectivity index (χ0) is 19.1. The van der Waals surface area contributed by atoms with Gasteiger partial charge in [-0.25, -0.2) is 16.8 Å². The van der Waals surface area contributed by atoms with E-state index in [1.54, 1.807) is 30.3 Å². The maximum absolute atomic E-state index is 13.0. The van der Waals surface area contributed by atoms with Crippen molar-refractivity contribution in [3.8, 4) is 0 Å². The Morgan fingerprint density at radius 3 is 2.35 bits per heavy atom. The molecule has 2 aromatic carbocycles. The van der Waals surface area contributed by atoms with Gasteiger partial charge < -0.3 is 10.2 Å². The number of benzene rings is 2. The number of rotatable bonds is 5. The first kappa shape index (κ1) is 18.8. The highest BCUT2D eigenvalue weighted by atomic mass is 32.2. The number of aliphatic hydroxyl groups excluding tert-OH is 1. The van der Waals surface area contributed by atoms with Crippen LogP contribution in [-0.2, 0) is 24.7 Å². The SMILES string of the molecule is O=C(O)CN([C@H]1CS(=O)(=O)C[C@H]1O)S(=O)(=O)c1ccc2ccccc2c1. The number of carboxylic acids is 1. The highest BCUT2D eigenvalue weighted by molar-refractivity contribution is 7.92. The van der Waals surface area contributed by atoms with Crippen LogP contribution in [0.15, 0.2) is 47.4 Å². The van der Waals surface area contributed by atoms with Crippen LogP contribution >= 0.6 is 0 Å². The van der Waals surface area contributed by atoms with E-state index in [0.717, 1.165) is 5.39 Å². The van der Waals surface area contributed by atoms with Crippen molar-refractivity contribution in [2.75, 3.05) is 18.1 Å². The molecular weight excluding hydrogens is 382 g/mol. The normalized spacial score (nSPS) is 22.7. The van der Waals surface area contributed by atoms with Gasteiger partial charge in [0.1, 0.15) is 6.54 Å². The zero-order valence-corrected chi connectivity index (χ0v) is 15.1. The minimum atomic E-state index is -4.33. The highest BCUT2D eigenvalue weighted by Crippen LogP contribution is 2.27. The lowest BCUT2D eigenvalue weighted by atomic mass is 10.1. The molecule has 0 unspecified atom stereocenters. The van der Waals surface area contributed by atoms with Gasteiger partial charge in [0, 0.05) is 0 Å². The molecule has 1 heterocycles. The molecule has 2 aromatic rings. The lowest BCUT2D eigenvalue weighted by Gasteiger charge is -2.28. The zero-order valence-electron chi connectivity index (χ0n) is 13.5. The van der Waals surface area contributed by atoms with Crippen molar-refractivity contribution in [1.82, 2.24) is 4.31 Å². The van der Waals surface area contributed by atoms with Crippen molar-refractivity contribution >= 4 is 36.6 Å². The Hall–Kier alpha value is -2.01. The van der Waals surface area contributed by atoms with Crippen LogP contribution in [0, 0.1) is 0 Å². The van der Waals surface area contributed by atoms with Gasteiger partial charge in [-0.3, -0.25) is 4.79 Å². The summed E-state index contributed by atoms with van der Waals surface area (Å²) in [7, 11) is -7.98. The van der Waals surface area contributed by atoms with Crippen LogP contribution < -0.4 is 0 Å². The summed E-state index contributed by atoms with van der Waals surface area (Å²) >= 11 is 0. The molecule has 1 aliphatic rings. The first-order chi connectivity index (χ1) is 12.1. The summed E-state index contributed by atoms with van der Waals surface area (Å²) in [5.74, 6) is -2.65. The molecule has 2 N–H and O–H groups in total. The summed E-state index contributed by atoms with van der Waals surface area (Å²) < 4.78 is 50.1. The van der Waals surface area contributed by atoms with Crippen LogP contribution in [-0.4, -0.2) is 67.5 Å². The van der Waals surface area contributed by atoms with Crippen LogP contribution in [0.5, 0.6) is 0 Å². The Labute approximate surface area is 150 Å². The van der Waals surface area contributed by atoms with E-state index < -0.39 is 56.0 Å². The number of aliphatic hydroxyl groups is 1. The third kappa shape index (κ3) is 3.58. The Morgan fingerprint density at radius 1 is 1.12 bits per heavy atom. The monoisotopic (exact) mass is 399 g/mol. The third-order valence-corrected chi connectivity index (χ3v) is 7.85. The van der Waals surface area contributed by atoms with Crippen molar-refractivity contribution in [3.63, 3.8) is 0 Å².